The molecule has 3 nitrogen and oxygen atoms in total. The predicted molar refractivity (Wildman–Crippen MR) is 55.7 cm³/mol. The molecular formula is C8H15NO2S2. The molecule has 0 bridgehead atoms. The monoisotopic (exact) mass is 221 g/mol. The zero-order valence-electron chi connectivity index (χ0n) is 7.75. The van der Waals surface area contributed by atoms with Crippen molar-refractivity contribution in [1.29, 1.82) is 0 Å². The van der Waals surface area contributed by atoms with Gasteiger partial charge in [0, 0.05) is 11.8 Å². The molecule has 1 spiro atoms. The van der Waals surface area contributed by atoms with E-state index in [-0.39, 0.29) is 4.87 Å². The summed E-state index contributed by atoms with van der Waals surface area (Å²) in [5, 5.41) is 3.41. The molecule has 2 aliphatic rings. The second kappa shape index (κ2) is 3.14. The van der Waals surface area contributed by atoms with Crippen molar-refractivity contribution in [3.63, 3.8) is 0 Å². The number of thioether (sulfide) groups is 1. The quantitative estimate of drug-likeness (QED) is 0.651. The van der Waals surface area contributed by atoms with Gasteiger partial charge in [-0.3, -0.25) is 5.32 Å². The van der Waals surface area contributed by atoms with E-state index >= 15 is 0 Å². The highest BCUT2D eigenvalue weighted by Crippen LogP contribution is 2.38. The van der Waals surface area contributed by atoms with Crippen LogP contribution in [0.15, 0.2) is 0 Å². The molecule has 2 atom stereocenters. The maximum Gasteiger partial charge on any atom is 0.152 e. The van der Waals surface area contributed by atoms with Gasteiger partial charge in [-0.05, 0) is 19.8 Å². The average molecular weight is 221 g/mol. The van der Waals surface area contributed by atoms with Crippen molar-refractivity contribution in [2.45, 2.75) is 30.7 Å². The van der Waals surface area contributed by atoms with E-state index < -0.39 is 9.84 Å². The van der Waals surface area contributed by atoms with Crippen molar-refractivity contribution < 1.29 is 8.42 Å². The van der Waals surface area contributed by atoms with Crippen LogP contribution in [0.25, 0.3) is 0 Å². The Kier molecular flexibility index (Phi) is 2.37. The van der Waals surface area contributed by atoms with Gasteiger partial charge in [-0.2, -0.15) is 0 Å². The first-order valence-corrected chi connectivity index (χ1v) is 7.44. The lowest BCUT2D eigenvalue weighted by Gasteiger charge is -2.32. The van der Waals surface area contributed by atoms with Crippen LogP contribution in [0.4, 0.5) is 0 Å². The van der Waals surface area contributed by atoms with Crippen molar-refractivity contribution in [2.24, 2.45) is 0 Å². The van der Waals surface area contributed by atoms with Gasteiger partial charge in [0.15, 0.2) is 9.84 Å². The predicted octanol–water partition coefficient (Wildman–Crippen LogP) is 0.616. The van der Waals surface area contributed by atoms with E-state index in [4.69, 9.17) is 0 Å². The van der Waals surface area contributed by atoms with Crippen LogP contribution in [0.1, 0.15) is 19.8 Å². The molecule has 0 radical (unpaired) electrons. The molecular weight excluding hydrogens is 206 g/mol. The van der Waals surface area contributed by atoms with E-state index in [2.05, 4.69) is 12.2 Å². The van der Waals surface area contributed by atoms with E-state index in [0.29, 0.717) is 17.5 Å². The van der Waals surface area contributed by atoms with Crippen molar-refractivity contribution in [3.8, 4) is 0 Å². The molecule has 2 heterocycles. The Hall–Kier alpha value is 0.260. The minimum Gasteiger partial charge on any atom is -0.299 e. The Bertz CT molecular complexity index is 297. The molecule has 76 valence electrons. The summed E-state index contributed by atoms with van der Waals surface area (Å²) in [6, 6.07) is 0.457. The van der Waals surface area contributed by atoms with Gasteiger partial charge in [-0.15, -0.1) is 11.8 Å². The molecule has 0 aliphatic carbocycles. The van der Waals surface area contributed by atoms with Crippen LogP contribution in [-0.4, -0.2) is 36.6 Å². The van der Waals surface area contributed by atoms with E-state index in [1.54, 1.807) is 11.8 Å². The Morgan fingerprint density at radius 3 is 2.85 bits per heavy atom. The summed E-state index contributed by atoms with van der Waals surface area (Å²) in [5.41, 5.74) is 0. The molecule has 2 fully saturated rings. The fourth-order valence-corrected chi connectivity index (χ4v) is 5.89. The molecule has 2 unspecified atom stereocenters. The van der Waals surface area contributed by atoms with Crippen LogP contribution in [0.3, 0.4) is 0 Å². The maximum atomic E-state index is 11.5. The van der Waals surface area contributed by atoms with Gasteiger partial charge in [-0.25, -0.2) is 8.42 Å². The molecule has 0 aromatic rings. The van der Waals surface area contributed by atoms with Crippen LogP contribution in [0.2, 0.25) is 0 Å². The smallest absolute Gasteiger partial charge is 0.152 e. The van der Waals surface area contributed by atoms with Gasteiger partial charge in [0.25, 0.3) is 0 Å². The molecule has 0 amide bonds. The lowest BCUT2D eigenvalue weighted by Crippen LogP contribution is -2.49. The summed E-state index contributed by atoms with van der Waals surface area (Å²) in [7, 11) is -2.78. The molecule has 1 N–H and O–H groups in total. The van der Waals surface area contributed by atoms with Gasteiger partial charge >= 0.3 is 0 Å². The molecule has 2 rings (SSSR count). The van der Waals surface area contributed by atoms with Gasteiger partial charge in [0.2, 0.25) is 0 Å². The van der Waals surface area contributed by atoms with Crippen LogP contribution < -0.4 is 5.32 Å². The largest absolute Gasteiger partial charge is 0.299 e. The standard InChI is InChI=1S/C8H15NO2S2/c1-7-5-12-8(9-7)3-2-4-13(10,11)6-8/h7,9H,2-6H2,1H3. The first-order chi connectivity index (χ1) is 6.02. The van der Waals surface area contributed by atoms with Crippen molar-refractivity contribution in [1.82, 2.24) is 5.32 Å². The normalized spacial score (nSPS) is 43.9. The lowest BCUT2D eigenvalue weighted by atomic mass is 10.1. The third-order valence-electron chi connectivity index (χ3n) is 2.61. The Morgan fingerprint density at radius 2 is 2.31 bits per heavy atom. The topological polar surface area (TPSA) is 46.2 Å². The Balaban J connectivity index is 2.16. The minimum atomic E-state index is -2.78. The lowest BCUT2D eigenvalue weighted by molar-refractivity contribution is 0.435. The summed E-state index contributed by atoms with van der Waals surface area (Å²) in [5.74, 6) is 1.75. The molecule has 0 aromatic carbocycles. The molecule has 5 heteroatoms. The van der Waals surface area contributed by atoms with Gasteiger partial charge < -0.3 is 0 Å². The van der Waals surface area contributed by atoms with E-state index in [1.165, 1.54) is 0 Å². The minimum absolute atomic E-state index is 0.142. The van der Waals surface area contributed by atoms with Crippen LogP contribution >= 0.6 is 11.8 Å². The summed E-state index contributed by atoms with van der Waals surface area (Å²) in [6.07, 6.45) is 1.82. The number of hydrogen-bond donors (Lipinski definition) is 1. The summed E-state index contributed by atoms with van der Waals surface area (Å²) < 4.78 is 22.9. The first-order valence-electron chi connectivity index (χ1n) is 4.63. The van der Waals surface area contributed by atoms with Crippen LogP contribution in [0, 0.1) is 0 Å². The Labute approximate surface area is 83.6 Å². The zero-order valence-corrected chi connectivity index (χ0v) is 9.38. The number of hydrogen-bond acceptors (Lipinski definition) is 4. The van der Waals surface area contributed by atoms with E-state index in [9.17, 15) is 8.42 Å². The molecule has 2 saturated heterocycles. The maximum absolute atomic E-state index is 11.5. The Morgan fingerprint density at radius 1 is 1.54 bits per heavy atom. The van der Waals surface area contributed by atoms with Gasteiger partial charge in [0.05, 0.1) is 16.4 Å². The molecule has 2 aliphatic heterocycles. The summed E-state index contributed by atoms with van der Waals surface area (Å²) >= 11 is 1.79. The highest BCUT2D eigenvalue weighted by Gasteiger charge is 2.43. The number of rotatable bonds is 0. The second-order valence-electron chi connectivity index (χ2n) is 4.05. The number of nitrogens with one attached hydrogen (secondary N) is 1. The van der Waals surface area contributed by atoms with E-state index in [0.717, 1.165) is 18.6 Å². The fraction of sp³-hybridized carbons (Fsp3) is 1.00. The average Bonchev–Trinajstić information content (AvgIpc) is 2.29. The highest BCUT2D eigenvalue weighted by atomic mass is 32.2. The highest BCUT2D eigenvalue weighted by molar-refractivity contribution is 8.02. The summed E-state index contributed by atoms with van der Waals surface area (Å²) in [4.78, 5) is -0.142. The third-order valence-corrected chi connectivity index (χ3v) is 6.32. The van der Waals surface area contributed by atoms with E-state index in [1.807, 2.05) is 0 Å². The van der Waals surface area contributed by atoms with Gasteiger partial charge in [-0.1, -0.05) is 0 Å². The van der Waals surface area contributed by atoms with Crippen LogP contribution in [-0.2, 0) is 9.84 Å². The SMILES string of the molecule is CC1CSC2(CCCS(=O)(=O)C2)N1. The number of sulfone groups is 1. The van der Waals surface area contributed by atoms with Crippen LogP contribution in [0.5, 0.6) is 0 Å². The third kappa shape index (κ3) is 2.02. The second-order valence-corrected chi connectivity index (χ2v) is 7.63. The van der Waals surface area contributed by atoms with Crippen molar-refractivity contribution in [3.05, 3.63) is 0 Å². The molecule has 0 aromatic heterocycles. The molecule has 0 saturated carbocycles. The molecule has 13 heavy (non-hydrogen) atoms. The summed E-state index contributed by atoms with van der Waals surface area (Å²) in [6.45, 7) is 2.11. The zero-order chi connectivity index (χ0) is 9.53. The van der Waals surface area contributed by atoms with Crippen molar-refractivity contribution in [2.75, 3.05) is 17.3 Å². The first kappa shape index (κ1) is 9.80. The van der Waals surface area contributed by atoms with Crippen molar-refractivity contribution >= 4 is 21.6 Å². The fourth-order valence-electron chi connectivity index (χ4n) is 2.12. The van der Waals surface area contributed by atoms with Gasteiger partial charge in [0.1, 0.15) is 0 Å².